The number of hydrogen-bond acceptors (Lipinski definition) is 4. The van der Waals surface area contributed by atoms with Gasteiger partial charge in [-0.05, 0) is 64.1 Å². The summed E-state index contributed by atoms with van der Waals surface area (Å²) < 4.78 is 5.35. The molecule has 0 bridgehead atoms. The van der Waals surface area contributed by atoms with E-state index in [0.29, 0.717) is 12.1 Å². The van der Waals surface area contributed by atoms with Crippen LogP contribution in [0.4, 0.5) is 0 Å². The molecule has 0 spiro atoms. The number of methoxy groups -OCH3 is 1. The summed E-state index contributed by atoms with van der Waals surface area (Å²) in [6.45, 7) is 3.26. The van der Waals surface area contributed by atoms with Gasteiger partial charge in [-0.3, -0.25) is 0 Å². The summed E-state index contributed by atoms with van der Waals surface area (Å²) in [6, 6.07) is 9.40. The highest BCUT2D eigenvalue weighted by molar-refractivity contribution is 5.30. The average Bonchev–Trinajstić information content (AvgIpc) is 2.76. The van der Waals surface area contributed by atoms with Gasteiger partial charge in [-0.15, -0.1) is 0 Å². The Bertz CT molecular complexity index is 414. The third-order valence-corrected chi connectivity index (χ3v) is 4.28. The second-order valence-electron chi connectivity index (χ2n) is 6.04. The van der Waals surface area contributed by atoms with Crippen molar-refractivity contribution in [3.8, 4) is 5.75 Å². The Morgan fingerprint density at radius 3 is 2.95 bits per heavy atom. The van der Waals surface area contributed by atoms with Gasteiger partial charge in [0.2, 0.25) is 0 Å². The summed E-state index contributed by atoms with van der Waals surface area (Å²) in [5.41, 5.74) is 1.30. The summed E-state index contributed by atoms with van der Waals surface area (Å²) in [5, 5.41) is 7.22. The van der Waals surface area contributed by atoms with Gasteiger partial charge >= 0.3 is 0 Å². The summed E-state index contributed by atoms with van der Waals surface area (Å²) in [7, 11) is 6.00. The largest absolute Gasteiger partial charge is 0.497 e. The molecule has 0 aromatic heterocycles. The van der Waals surface area contributed by atoms with Crippen molar-refractivity contribution >= 4 is 0 Å². The molecule has 0 amide bonds. The second kappa shape index (κ2) is 8.37. The lowest BCUT2D eigenvalue weighted by Gasteiger charge is -2.28. The summed E-state index contributed by atoms with van der Waals surface area (Å²) in [5.74, 6) is 0.929. The number of hydrogen-bond donors (Lipinski definition) is 2. The van der Waals surface area contributed by atoms with Crippen LogP contribution in [0.25, 0.3) is 0 Å². The Labute approximate surface area is 128 Å². The first-order valence-electron chi connectivity index (χ1n) is 7.95. The lowest BCUT2D eigenvalue weighted by atomic mass is 10.0. The van der Waals surface area contributed by atoms with Crippen LogP contribution in [0, 0.1) is 0 Å². The predicted molar refractivity (Wildman–Crippen MR) is 87.9 cm³/mol. The number of ether oxygens (including phenoxy) is 1. The predicted octanol–water partition coefficient (Wildman–Crippen LogP) is 2.03. The fraction of sp³-hybridized carbons (Fsp3) is 0.647. The molecule has 4 heteroatoms. The monoisotopic (exact) mass is 291 g/mol. The Hall–Kier alpha value is -1.10. The molecule has 1 heterocycles. The van der Waals surface area contributed by atoms with Crippen molar-refractivity contribution in [2.45, 2.75) is 31.3 Å². The molecule has 1 aliphatic heterocycles. The van der Waals surface area contributed by atoms with Gasteiger partial charge in [-0.2, -0.15) is 0 Å². The van der Waals surface area contributed by atoms with Crippen LogP contribution in [0.1, 0.15) is 30.9 Å². The highest BCUT2D eigenvalue weighted by Crippen LogP contribution is 2.22. The summed E-state index contributed by atoms with van der Waals surface area (Å²) in [4.78, 5) is 2.27. The van der Waals surface area contributed by atoms with Crippen molar-refractivity contribution in [2.24, 2.45) is 0 Å². The SMILES string of the molecule is COc1cccc(C(CNC2CCCNCC2)N(C)C)c1. The van der Waals surface area contributed by atoms with Crippen molar-refractivity contribution in [1.29, 1.82) is 0 Å². The van der Waals surface area contributed by atoms with Crippen LogP contribution < -0.4 is 15.4 Å². The van der Waals surface area contributed by atoms with Crippen LogP contribution in [0.3, 0.4) is 0 Å². The lowest BCUT2D eigenvalue weighted by molar-refractivity contribution is 0.274. The summed E-state index contributed by atoms with van der Waals surface area (Å²) in [6.07, 6.45) is 3.76. The average molecular weight is 291 g/mol. The number of rotatable bonds is 6. The van der Waals surface area contributed by atoms with Gasteiger partial charge in [-0.25, -0.2) is 0 Å². The van der Waals surface area contributed by atoms with Crippen molar-refractivity contribution in [2.75, 3.05) is 40.8 Å². The van der Waals surface area contributed by atoms with E-state index in [2.05, 4.69) is 47.8 Å². The standard InChI is InChI=1S/C17H29N3O/c1-20(2)17(14-6-4-8-16(12-14)21-3)13-19-15-7-5-10-18-11-9-15/h4,6,8,12,15,17-19H,5,7,9-11,13H2,1-3H3. The first-order valence-corrected chi connectivity index (χ1v) is 7.95. The van der Waals surface area contributed by atoms with E-state index in [1.165, 1.54) is 24.8 Å². The fourth-order valence-electron chi connectivity index (χ4n) is 2.95. The third kappa shape index (κ3) is 4.99. The first-order chi connectivity index (χ1) is 10.2. The molecule has 0 radical (unpaired) electrons. The van der Waals surface area contributed by atoms with Gasteiger partial charge in [-0.1, -0.05) is 12.1 Å². The molecule has 2 N–H and O–H groups in total. The Balaban J connectivity index is 1.97. The van der Waals surface area contributed by atoms with E-state index >= 15 is 0 Å². The van der Waals surface area contributed by atoms with Crippen LogP contribution in [-0.2, 0) is 0 Å². The topological polar surface area (TPSA) is 36.5 Å². The van der Waals surface area contributed by atoms with Gasteiger partial charge in [0, 0.05) is 18.6 Å². The lowest BCUT2D eigenvalue weighted by Crippen LogP contribution is -2.37. The number of nitrogens with one attached hydrogen (secondary N) is 2. The number of nitrogens with zero attached hydrogens (tertiary/aromatic N) is 1. The van der Waals surface area contributed by atoms with Gasteiger partial charge in [0.05, 0.1) is 7.11 Å². The third-order valence-electron chi connectivity index (χ3n) is 4.28. The molecular formula is C17H29N3O. The molecule has 1 aromatic rings. The molecule has 21 heavy (non-hydrogen) atoms. The number of likely N-dealkylation sites (N-methyl/N-ethyl adjacent to an activating group) is 1. The highest BCUT2D eigenvalue weighted by Gasteiger charge is 2.18. The molecule has 0 aliphatic carbocycles. The van der Waals surface area contributed by atoms with Gasteiger partial charge in [0.25, 0.3) is 0 Å². The van der Waals surface area contributed by atoms with Gasteiger partial charge in [0.1, 0.15) is 5.75 Å². The van der Waals surface area contributed by atoms with Crippen LogP contribution >= 0.6 is 0 Å². The van der Waals surface area contributed by atoms with E-state index in [9.17, 15) is 0 Å². The molecule has 2 atom stereocenters. The maximum absolute atomic E-state index is 5.35. The molecule has 1 aliphatic rings. The molecule has 1 saturated heterocycles. The smallest absolute Gasteiger partial charge is 0.119 e. The summed E-state index contributed by atoms with van der Waals surface area (Å²) >= 11 is 0. The molecule has 2 rings (SSSR count). The minimum Gasteiger partial charge on any atom is -0.497 e. The normalized spacial score (nSPS) is 21.0. The Morgan fingerprint density at radius 1 is 1.33 bits per heavy atom. The van der Waals surface area contributed by atoms with Crippen LogP contribution in [0.5, 0.6) is 5.75 Å². The molecule has 1 aromatic carbocycles. The van der Waals surface area contributed by atoms with E-state index < -0.39 is 0 Å². The second-order valence-corrected chi connectivity index (χ2v) is 6.04. The molecular weight excluding hydrogens is 262 g/mol. The van der Waals surface area contributed by atoms with E-state index in [1.807, 2.05) is 6.07 Å². The van der Waals surface area contributed by atoms with E-state index in [1.54, 1.807) is 7.11 Å². The van der Waals surface area contributed by atoms with E-state index in [0.717, 1.165) is 25.4 Å². The highest BCUT2D eigenvalue weighted by atomic mass is 16.5. The zero-order valence-corrected chi connectivity index (χ0v) is 13.6. The molecule has 1 fully saturated rings. The zero-order chi connectivity index (χ0) is 15.1. The van der Waals surface area contributed by atoms with Crippen LogP contribution in [0.2, 0.25) is 0 Å². The number of benzene rings is 1. The van der Waals surface area contributed by atoms with Crippen LogP contribution in [0.15, 0.2) is 24.3 Å². The van der Waals surface area contributed by atoms with Crippen LogP contribution in [-0.4, -0.2) is 51.8 Å². The van der Waals surface area contributed by atoms with Gasteiger partial charge < -0.3 is 20.3 Å². The van der Waals surface area contributed by atoms with Crippen molar-refractivity contribution in [3.05, 3.63) is 29.8 Å². The maximum atomic E-state index is 5.35. The zero-order valence-electron chi connectivity index (χ0n) is 13.6. The molecule has 0 saturated carbocycles. The van der Waals surface area contributed by atoms with Gasteiger partial charge in [0.15, 0.2) is 0 Å². The minimum absolute atomic E-state index is 0.372. The quantitative estimate of drug-likeness (QED) is 0.841. The Morgan fingerprint density at radius 2 is 2.19 bits per heavy atom. The molecule has 2 unspecified atom stereocenters. The maximum Gasteiger partial charge on any atom is 0.119 e. The van der Waals surface area contributed by atoms with Crippen molar-refractivity contribution < 1.29 is 4.74 Å². The Kier molecular flexibility index (Phi) is 6.49. The molecule has 118 valence electrons. The fourth-order valence-corrected chi connectivity index (χ4v) is 2.95. The van der Waals surface area contributed by atoms with E-state index in [-0.39, 0.29) is 0 Å². The van der Waals surface area contributed by atoms with Crippen molar-refractivity contribution in [1.82, 2.24) is 15.5 Å². The van der Waals surface area contributed by atoms with Crippen molar-refractivity contribution in [3.63, 3.8) is 0 Å². The minimum atomic E-state index is 0.372. The van der Waals surface area contributed by atoms with E-state index in [4.69, 9.17) is 4.74 Å². The first kappa shape index (κ1) is 16.3. The molecule has 4 nitrogen and oxygen atoms in total.